The molecule has 1 atom stereocenters. The number of nitrogens with one attached hydrogen (secondary N) is 1. The lowest BCUT2D eigenvalue weighted by molar-refractivity contribution is 0.0883. The van der Waals surface area contributed by atoms with Crippen LogP contribution in [0.2, 0.25) is 6.43 Å². The van der Waals surface area contributed by atoms with Crippen molar-refractivity contribution in [3.05, 3.63) is 34.3 Å². The first kappa shape index (κ1) is 16.5. The molecule has 0 amide bonds. The number of hydrogen-bond donors (Lipinski definition) is 1. The van der Waals surface area contributed by atoms with E-state index in [1.54, 1.807) is 6.07 Å². The lowest BCUT2D eigenvalue weighted by atomic mass is 9.88. The Kier molecular flexibility index (Phi) is 5.83. The molecule has 2 nitrogen and oxygen atoms in total. The van der Waals surface area contributed by atoms with Crippen molar-refractivity contribution in [3.63, 3.8) is 0 Å². The van der Waals surface area contributed by atoms with Crippen LogP contribution in [-0.2, 0) is 0 Å². The fourth-order valence-corrected chi connectivity index (χ4v) is 2.38. The molecule has 1 aromatic rings. The number of hydrogen-bond acceptors (Lipinski definition) is 2. The van der Waals surface area contributed by atoms with Gasteiger partial charge in [0.25, 0.3) is 0 Å². The molecular formula is C18H136ClNO. The van der Waals surface area contributed by atoms with Crippen LogP contribution in [0.25, 0.3) is 0 Å². The second kappa shape index (κ2) is 7.42. The number of aryl methyl sites for hydroxylation is 1. The predicted octanol–water partition coefficient (Wildman–Crippen LogP) is 18.3. The van der Waals surface area contributed by atoms with Gasteiger partial charge in [0.2, 0.25) is 0 Å². The van der Waals surface area contributed by atoms with Gasteiger partial charge in [-0.25, -0.2) is 0 Å². The van der Waals surface area contributed by atoms with Crippen LogP contribution < -0.4 is 5.31 Å². The van der Waals surface area contributed by atoms with Gasteiger partial charge in [0.1, 0.15) is 1.41 Å². The topological polar surface area (TPSA) is 29.1 Å². The smallest absolute Gasteiger partial charge is 0.180 e. The number of carbonyl (C=O) groups excluding carboxylic acids is 1. The number of halogens is 1. The van der Waals surface area contributed by atoms with E-state index in [0.29, 0.717) is 10.6 Å². The van der Waals surface area contributed by atoms with E-state index in [0.717, 1.165) is 18.4 Å². The summed E-state index contributed by atoms with van der Waals surface area (Å²) < 4.78 is 8.57. The molecule has 1 aromatic carbocycles. The van der Waals surface area contributed by atoms with Gasteiger partial charge in [0.05, 0.1) is 6.04 Å². The van der Waals surface area contributed by atoms with Crippen LogP contribution in [0.1, 0.15) is 140 Å². The minimum absolute atomic E-state index is 0. The largest absolute Gasteiger partial charge is 0.302 e. The maximum atomic E-state index is 12.9. The second-order valence-corrected chi connectivity index (χ2v) is 6.76. The maximum Gasteiger partial charge on any atom is 0.180 e. The Hall–Kier alpha value is -0.860. The molecule has 226 valence electrons. The van der Waals surface area contributed by atoms with Gasteiger partial charge in [0, 0.05) is 93.2 Å². The van der Waals surface area contributed by atoms with Gasteiger partial charge in [0.15, 0.2) is 5.78 Å². The third kappa shape index (κ3) is 4.55. The molecule has 0 aliphatic rings. The zero-order chi connectivity index (χ0) is 17.1. The Labute approximate surface area is 215 Å². The van der Waals surface area contributed by atoms with Crippen molar-refractivity contribution in [2.75, 3.05) is 0 Å². The Morgan fingerprint density at radius 2 is 2.00 bits per heavy atom. The van der Waals surface area contributed by atoms with Crippen LogP contribution in [0.4, 0.5) is 0 Å². The van der Waals surface area contributed by atoms with E-state index in [1.807, 2.05) is 39.8 Å². The molecule has 3 heteroatoms. The molecule has 0 bridgehead atoms. The standard InChI is InChI=1S/C18H28ClNO.54H2/c1-7-18(6,8-2)20-16(12(3)4)17(21)14-10-9-13(5)15(19)11-14;;;;;;;;;;;;;;;;;;;;;;;;;;;;;;;;;;;;;;;;;;;;;;;;;;;;;;/h9-12,16,20H,7-8H2,1-6H3;54*1H/i/hD. The molecule has 0 saturated carbocycles. The minimum atomic E-state index is -0.469. The molecule has 1 unspecified atom stereocenters. The Morgan fingerprint density at radius 3 is 2.43 bits per heavy atom. The Morgan fingerprint density at radius 1 is 1.43 bits per heavy atom. The number of ketones is 1. The molecule has 0 radical (unpaired) electrons. The monoisotopic (exact) mass is 419 g/mol. The van der Waals surface area contributed by atoms with Gasteiger partial charge in [-0.1, -0.05) is 51.4 Å². The summed E-state index contributed by atoms with van der Waals surface area (Å²) in [5.41, 5.74) is 1.23. The summed E-state index contributed by atoms with van der Waals surface area (Å²) in [6.07, 6.45) is 1.66. The van der Waals surface area contributed by atoms with E-state index in [2.05, 4.69) is 13.8 Å². The van der Waals surface area contributed by atoms with Crippen molar-refractivity contribution < 1.29 is 83.2 Å². The normalized spacial score (nSPS) is 14.4. The first-order valence-electron chi connectivity index (χ1n) is 8.21. The van der Waals surface area contributed by atoms with E-state index in [9.17, 15) is 4.79 Å². The average molecular weight is 420 g/mol. The number of Topliss-reactive ketones (excluding diaryl/α,β-unsaturated/α-hetero) is 1. The van der Waals surface area contributed by atoms with Gasteiger partial charge < -0.3 is 5.31 Å². The van der Waals surface area contributed by atoms with Crippen molar-refractivity contribution in [3.8, 4) is 0 Å². The quantitative estimate of drug-likeness (QED) is 0.445. The van der Waals surface area contributed by atoms with Crippen molar-refractivity contribution in [1.82, 2.24) is 5.31 Å². The van der Waals surface area contributed by atoms with Crippen LogP contribution in [0, 0.1) is 12.8 Å². The highest BCUT2D eigenvalue weighted by atomic mass is 35.5. The third-order valence-corrected chi connectivity index (χ3v) is 4.74. The summed E-state index contributed by atoms with van der Waals surface area (Å²) in [4.78, 5) is 12.9. The fourth-order valence-electron chi connectivity index (χ4n) is 2.20. The van der Waals surface area contributed by atoms with E-state index < -0.39 is 6.04 Å². The number of rotatable bonds is 7. The molecule has 0 aliphatic heterocycles. The second-order valence-electron chi connectivity index (χ2n) is 6.35. The molecule has 21 heavy (non-hydrogen) atoms. The zero-order valence-electron chi connectivity index (χ0n) is 15.0. The van der Waals surface area contributed by atoms with Crippen LogP contribution >= 0.6 is 11.6 Å². The van der Waals surface area contributed by atoms with Crippen molar-refractivity contribution in [2.24, 2.45) is 5.92 Å². The van der Waals surface area contributed by atoms with Crippen LogP contribution in [-0.4, -0.2) is 17.4 Å². The molecule has 0 aromatic heterocycles. The van der Waals surface area contributed by atoms with Gasteiger partial charge >= 0.3 is 0 Å². The van der Waals surface area contributed by atoms with Gasteiger partial charge in [-0.15, -0.1) is 0 Å². The van der Waals surface area contributed by atoms with Crippen LogP contribution in [0.15, 0.2) is 18.2 Å². The summed E-state index contributed by atoms with van der Waals surface area (Å²) in [7, 11) is 0. The minimum Gasteiger partial charge on any atom is -0.302 e. The summed E-state index contributed by atoms with van der Waals surface area (Å²) >= 11 is 6.15. The van der Waals surface area contributed by atoms with Crippen molar-refractivity contribution in [2.45, 2.75) is 66.0 Å². The Balaban J connectivity index is -0.00000000172. The third-order valence-electron chi connectivity index (χ3n) is 4.33. The molecule has 0 heterocycles. The van der Waals surface area contributed by atoms with E-state index in [1.165, 1.54) is 5.31 Å². The SMILES string of the molecule is [2H]N(C(C(=O)c1ccc(C)c(Cl)c1)C(C)C)C(C)(CC)CC.[HH].[HH].[HH].[HH].[HH].[HH].[HH].[HH].[HH].[HH].[HH].[HH].[HH].[HH].[HH].[HH].[HH].[HH].[HH].[HH].[HH].[HH].[HH].[HH].[HH].[HH].[HH].[HH].[HH].[HH].[HH].[HH].[HH].[HH].[HH].[HH].[HH].[HH].[HH].[HH].[HH].[HH].[HH].[HH].[HH].[HH].[HH].[HH].[HH].[HH].[HH].[HH].[HH].[HH]. The molecule has 1 rings (SSSR count). The number of benzene rings is 1. The molecule has 0 aliphatic carbocycles. The molecule has 0 saturated heterocycles. The molecule has 0 fully saturated rings. The zero-order valence-corrected chi connectivity index (χ0v) is 14.8. The van der Waals surface area contributed by atoms with E-state index in [4.69, 9.17) is 13.0 Å². The van der Waals surface area contributed by atoms with Gasteiger partial charge in [-0.05, 0) is 44.2 Å². The maximum absolute atomic E-state index is 12.9. The first-order valence-corrected chi connectivity index (χ1v) is 8.14. The molecular weight excluding hydrogens is 282 g/mol. The summed E-state index contributed by atoms with van der Waals surface area (Å²) in [5, 5.41) is 2.10. The summed E-state index contributed by atoms with van der Waals surface area (Å²) in [6, 6.07) is 4.92. The Bertz CT molecular complexity index is 585. The molecule has 0 spiro atoms. The van der Waals surface area contributed by atoms with Gasteiger partial charge in [-0.2, -0.15) is 0 Å². The predicted molar refractivity (Wildman–Crippen MR) is 205 cm³/mol. The first-order chi connectivity index (χ1) is 10.2. The van der Waals surface area contributed by atoms with Gasteiger partial charge in [-0.3, -0.25) is 4.79 Å². The number of carbonyl (C=O) groups is 1. The van der Waals surface area contributed by atoms with E-state index >= 15 is 0 Å². The highest BCUT2D eigenvalue weighted by molar-refractivity contribution is 6.31. The highest BCUT2D eigenvalue weighted by Crippen LogP contribution is 2.22. The van der Waals surface area contributed by atoms with Crippen LogP contribution in [0.3, 0.4) is 0 Å². The van der Waals surface area contributed by atoms with Crippen molar-refractivity contribution >= 4 is 17.4 Å². The lowest BCUT2D eigenvalue weighted by Crippen LogP contribution is -2.53. The van der Waals surface area contributed by atoms with E-state index in [-0.39, 0.29) is 94.3 Å². The summed E-state index contributed by atoms with van der Waals surface area (Å²) in [6.45, 7) is 12.1. The average Bonchev–Trinajstić information content (AvgIpc) is 2.48. The van der Waals surface area contributed by atoms with Crippen molar-refractivity contribution in [1.29, 1.82) is 0 Å². The fraction of sp³-hybridized carbons (Fsp3) is 0.611. The summed E-state index contributed by atoms with van der Waals surface area (Å²) in [5.74, 6) is 0.0301. The molecule has 1 N–H and O–H groups in total. The lowest BCUT2D eigenvalue weighted by Gasteiger charge is -2.35. The highest BCUT2D eigenvalue weighted by Gasteiger charge is 2.30. The van der Waals surface area contributed by atoms with Crippen LogP contribution in [0.5, 0.6) is 0 Å².